The lowest BCUT2D eigenvalue weighted by Gasteiger charge is -2.18. The number of benzene rings is 1. The maximum absolute atomic E-state index is 12.2. The van der Waals surface area contributed by atoms with Crippen LogP contribution < -0.4 is 14.8 Å². The van der Waals surface area contributed by atoms with Gasteiger partial charge in [0, 0.05) is 0 Å². The molecule has 1 atom stereocenters. The highest BCUT2D eigenvalue weighted by molar-refractivity contribution is 7.08. The Morgan fingerprint density at radius 2 is 1.84 bits per heavy atom. The minimum Gasteiger partial charge on any atom is -0.490 e. The Balaban J connectivity index is 2.04. The lowest BCUT2D eigenvalue weighted by molar-refractivity contribution is -0.121. The van der Waals surface area contributed by atoms with Gasteiger partial charge in [-0.1, -0.05) is 19.9 Å². The Hall–Kier alpha value is -2.01. The van der Waals surface area contributed by atoms with E-state index >= 15 is 0 Å². The second-order valence-corrected chi connectivity index (χ2v) is 6.78. The molecule has 0 spiro atoms. The summed E-state index contributed by atoms with van der Waals surface area (Å²) in [5, 5.41) is 7.04. The summed E-state index contributed by atoms with van der Waals surface area (Å²) in [5.74, 6) is 1.52. The van der Waals surface area contributed by atoms with E-state index in [0.29, 0.717) is 19.6 Å². The van der Waals surface area contributed by atoms with Crippen molar-refractivity contribution in [2.45, 2.75) is 46.1 Å². The number of ether oxygens (including phenoxy) is 2. The fourth-order valence-corrected chi connectivity index (χ4v) is 3.07. The first-order valence-corrected chi connectivity index (χ1v) is 9.78. The van der Waals surface area contributed by atoms with E-state index in [1.807, 2.05) is 41.9 Å². The molecule has 1 amide bonds. The molecule has 1 heterocycles. The summed E-state index contributed by atoms with van der Waals surface area (Å²) >= 11 is 1.60. The molecule has 0 saturated heterocycles. The number of rotatable bonds is 10. The molecule has 4 nitrogen and oxygen atoms in total. The van der Waals surface area contributed by atoms with E-state index in [-0.39, 0.29) is 11.9 Å². The summed E-state index contributed by atoms with van der Waals surface area (Å²) in [4.78, 5) is 12.2. The van der Waals surface area contributed by atoms with E-state index < -0.39 is 0 Å². The molecule has 25 heavy (non-hydrogen) atoms. The van der Waals surface area contributed by atoms with Gasteiger partial charge in [-0.3, -0.25) is 4.79 Å². The first-order chi connectivity index (χ1) is 12.1. The molecule has 0 bridgehead atoms. The molecule has 136 valence electrons. The third kappa shape index (κ3) is 6.09. The van der Waals surface area contributed by atoms with Crippen LogP contribution in [0.3, 0.4) is 0 Å². The van der Waals surface area contributed by atoms with E-state index in [2.05, 4.69) is 19.2 Å². The molecule has 0 radical (unpaired) electrons. The Bertz CT molecular complexity index is 655. The summed E-state index contributed by atoms with van der Waals surface area (Å²) in [6.45, 7) is 7.44. The molecule has 0 aliphatic carbocycles. The second-order valence-electron chi connectivity index (χ2n) is 6.00. The van der Waals surface area contributed by atoms with Crippen LogP contribution in [0.25, 0.3) is 0 Å². The molecule has 0 fully saturated rings. The van der Waals surface area contributed by atoms with Gasteiger partial charge in [-0.15, -0.1) is 0 Å². The van der Waals surface area contributed by atoms with Crippen LogP contribution in [0, 0.1) is 0 Å². The molecular formula is C20H27NO3S. The Morgan fingerprint density at radius 1 is 1.12 bits per heavy atom. The van der Waals surface area contributed by atoms with Crippen LogP contribution >= 0.6 is 11.3 Å². The van der Waals surface area contributed by atoms with Gasteiger partial charge in [0.15, 0.2) is 11.5 Å². The van der Waals surface area contributed by atoms with Gasteiger partial charge in [0.05, 0.1) is 25.7 Å². The van der Waals surface area contributed by atoms with Crippen molar-refractivity contribution < 1.29 is 14.3 Å². The number of hydrogen-bond acceptors (Lipinski definition) is 4. The highest BCUT2D eigenvalue weighted by Crippen LogP contribution is 2.31. The zero-order chi connectivity index (χ0) is 18.1. The predicted octanol–water partition coefficient (Wildman–Crippen LogP) is 4.75. The average Bonchev–Trinajstić information content (AvgIpc) is 3.11. The normalized spacial score (nSPS) is 11.8. The smallest absolute Gasteiger partial charge is 0.224 e. The second kappa shape index (κ2) is 10.1. The highest BCUT2D eigenvalue weighted by atomic mass is 32.1. The molecule has 0 aliphatic heterocycles. The average molecular weight is 362 g/mol. The van der Waals surface area contributed by atoms with Gasteiger partial charge in [0.1, 0.15) is 0 Å². The zero-order valence-corrected chi connectivity index (χ0v) is 16.0. The van der Waals surface area contributed by atoms with Gasteiger partial charge in [0.25, 0.3) is 0 Å². The van der Waals surface area contributed by atoms with Gasteiger partial charge >= 0.3 is 0 Å². The van der Waals surface area contributed by atoms with Crippen LogP contribution in [0.1, 0.15) is 50.8 Å². The largest absolute Gasteiger partial charge is 0.490 e. The zero-order valence-electron chi connectivity index (χ0n) is 15.2. The van der Waals surface area contributed by atoms with Crippen LogP contribution in [-0.2, 0) is 11.2 Å². The van der Waals surface area contributed by atoms with Crippen LogP contribution in [-0.4, -0.2) is 19.1 Å². The van der Waals surface area contributed by atoms with Crippen molar-refractivity contribution in [3.63, 3.8) is 0 Å². The SMILES string of the molecule is CCCOc1ccc(C(C)NC(=O)Cc2ccsc2)cc1OCCC. The number of amides is 1. The minimum atomic E-state index is -0.0877. The summed E-state index contributed by atoms with van der Waals surface area (Å²) in [6, 6.07) is 7.77. The van der Waals surface area contributed by atoms with Crippen molar-refractivity contribution in [3.8, 4) is 11.5 Å². The van der Waals surface area contributed by atoms with Crippen molar-refractivity contribution in [1.82, 2.24) is 5.32 Å². The molecule has 1 aromatic heterocycles. The van der Waals surface area contributed by atoms with Crippen molar-refractivity contribution in [1.29, 1.82) is 0 Å². The van der Waals surface area contributed by atoms with Crippen molar-refractivity contribution in [2.75, 3.05) is 13.2 Å². The van der Waals surface area contributed by atoms with Crippen LogP contribution in [0.4, 0.5) is 0 Å². The third-order valence-corrected chi connectivity index (χ3v) is 4.45. The fraction of sp³-hybridized carbons (Fsp3) is 0.450. The fourth-order valence-electron chi connectivity index (χ4n) is 2.40. The molecule has 1 aromatic carbocycles. The van der Waals surface area contributed by atoms with Crippen molar-refractivity contribution in [3.05, 3.63) is 46.2 Å². The van der Waals surface area contributed by atoms with Gasteiger partial charge in [0.2, 0.25) is 5.91 Å². The molecule has 0 aliphatic rings. The van der Waals surface area contributed by atoms with E-state index in [1.54, 1.807) is 11.3 Å². The Kier molecular flexibility index (Phi) is 7.79. The summed E-state index contributed by atoms with van der Waals surface area (Å²) in [7, 11) is 0. The molecule has 1 unspecified atom stereocenters. The first-order valence-electron chi connectivity index (χ1n) is 8.84. The number of carbonyl (C=O) groups excluding carboxylic acids is 1. The molecule has 0 saturated carbocycles. The van der Waals surface area contributed by atoms with Gasteiger partial charge in [-0.2, -0.15) is 11.3 Å². The Morgan fingerprint density at radius 3 is 2.48 bits per heavy atom. The lowest BCUT2D eigenvalue weighted by atomic mass is 10.1. The van der Waals surface area contributed by atoms with Crippen LogP contribution in [0.15, 0.2) is 35.0 Å². The number of thiophene rings is 1. The third-order valence-electron chi connectivity index (χ3n) is 3.71. The topological polar surface area (TPSA) is 47.6 Å². The van der Waals surface area contributed by atoms with Crippen LogP contribution in [0.2, 0.25) is 0 Å². The molecule has 2 rings (SSSR count). The minimum absolute atomic E-state index is 0.0215. The van der Waals surface area contributed by atoms with Crippen molar-refractivity contribution >= 4 is 17.2 Å². The summed E-state index contributed by atoms with van der Waals surface area (Å²) in [5.41, 5.74) is 2.05. The number of nitrogens with one attached hydrogen (secondary N) is 1. The van der Waals surface area contributed by atoms with E-state index in [4.69, 9.17) is 9.47 Å². The molecule has 5 heteroatoms. The maximum Gasteiger partial charge on any atom is 0.224 e. The standard InChI is InChI=1S/C20H27NO3S/c1-4-9-23-18-7-6-17(13-19(18)24-10-5-2)15(3)21-20(22)12-16-8-11-25-14-16/h6-8,11,13-15H,4-5,9-10,12H2,1-3H3,(H,21,22). The number of hydrogen-bond donors (Lipinski definition) is 1. The van der Waals surface area contributed by atoms with Gasteiger partial charge in [-0.05, 0) is 59.9 Å². The van der Waals surface area contributed by atoms with Gasteiger partial charge in [-0.25, -0.2) is 0 Å². The highest BCUT2D eigenvalue weighted by Gasteiger charge is 2.14. The van der Waals surface area contributed by atoms with E-state index in [1.165, 1.54) is 0 Å². The van der Waals surface area contributed by atoms with E-state index in [0.717, 1.165) is 35.5 Å². The maximum atomic E-state index is 12.2. The number of carbonyl (C=O) groups is 1. The summed E-state index contributed by atoms with van der Waals surface area (Å²) < 4.78 is 11.6. The van der Waals surface area contributed by atoms with Crippen LogP contribution in [0.5, 0.6) is 11.5 Å². The first kappa shape index (κ1) is 19.3. The van der Waals surface area contributed by atoms with Gasteiger partial charge < -0.3 is 14.8 Å². The predicted molar refractivity (Wildman–Crippen MR) is 103 cm³/mol. The van der Waals surface area contributed by atoms with Crippen molar-refractivity contribution in [2.24, 2.45) is 0 Å². The quantitative estimate of drug-likeness (QED) is 0.664. The molecular weight excluding hydrogens is 334 g/mol. The van der Waals surface area contributed by atoms with E-state index in [9.17, 15) is 4.79 Å². The Labute approximate surface area is 154 Å². The molecule has 2 aromatic rings. The molecule has 1 N–H and O–H groups in total. The lowest BCUT2D eigenvalue weighted by Crippen LogP contribution is -2.28. The monoisotopic (exact) mass is 361 g/mol. The summed E-state index contributed by atoms with van der Waals surface area (Å²) in [6.07, 6.45) is 2.29.